The molecule has 0 saturated heterocycles. The van der Waals surface area contributed by atoms with Gasteiger partial charge in [0.2, 0.25) is 5.91 Å². The van der Waals surface area contributed by atoms with Gasteiger partial charge in [-0.2, -0.15) is 5.26 Å². The average molecular weight is 299 g/mol. The van der Waals surface area contributed by atoms with E-state index >= 15 is 0 Å². The van der Waals surface area contributed by atoms with E-state index in [1.54, 1.807) is 24.3 Å². The molecule has 0 unspecified atom stereocenters. The van der Waals surface area contributed by atoms with E-state index in [9.17, 15) is 9.59 Å². The summed E-state index contributed by atoms with van der Waals surface area (Å²) in [6, 6.07) is 12.5. The molecular weight excluding hydrogens is 286 g/mol. The van der Waals surface area contributed by atoms with E-state index in [1.165, 1.54) is 11.3 Å². The fraction of sp³-hybridized carbons (Fsp3) is 0.133. The van der Waals surface area contributed by atoms with E-state index in [0.717, 1.165) is 5.56 Å². The molecular formula is C15H13N3O2S. The number of benzene rings is 1. The van der Waals surface area contributed by atoms with Crippen LogP contribution in [0.25, 0.3) is 0 Å². The van der Waals surface area contributed by atoms with Crippen LogP contribution in [0.2, 0.25) is 0 Å². The molecule has 0 aliphatic carbocycles. The lowest BCUT2D eigenvalue weighted by atomic mass is 10.1. The van der Waals surface area contributed by atoms with Gasteiger partial charge in [0.25, 0.3) is 5.91 Å². The normalized spacial score (nSPS) is 9.67. The maximum absolute atomic E-state index is 11.9. The fourth-order valence-corrected chi connectivity index (χ4v) is 2.37. The summed E-state index contributed by atoms with van der Waals surface area (Å²) in [5.41, 5.74) is 1.39. The van der Waals surface area contributed by atoms with E-state index < -0.39 is 0 Å². The van der Waals surface area contributed by atoms with Crippen molar-refractivity contribution in [1.29, 1.82) is 5.26 Å². The molecule has 1 aromatic carbocycles. The number of thiophene rings is 1. The van der Waals surface area contributed by atoms with Crippen LogP contribution < -0.4 is 10.6 Å². The van der Waals surface area contributed by atoms with Crippen molar-refractivity contribution >= 4 is 28.8 Å². The molecule has 106 valence electrons. The first kappa shape index (κ1) is 14.8. The molecule has 2 aromatic rings. The molecule has 2 rings (SSSR count). The minimum absolute atomic E-state index is 0.150. The van der Waals surface area contributed by atoms with Crippen LogP contribution in [0.1, 0.15) is 21.7 Å². The minimum Gasteiger partial charge on any atom is -0.347 e. The Balaban J connectivity index is 2.01. The SMILES string of the molecule is N#CCC(=O)Nc1ccccc1CNC(=O)c1cccs1. The van der Waals surface area contributed by atoms with Crippen molar-refractivity contribution in [2.24, 2.45) is 0 Å². The molecule has 0 atom stereocenters. The Kier molecular flexibility index (Phi) is 5.07. The number of nitriles is 1. The largest absolute Gasteiger partial charge is 0.347 e. The number of anilines is 1. The Morgan fingerprint density at radius 3 is 2.71 bits per heavy atom. The molecule has 0 fully saturated rings. The number of para-hydroxylation sites is 1. The Hall–Kier alpha value is -2.65. The predicted octanol–water partition coefficient (Wildman–Crippen LogP) is 2.53. The summed E-state index contributed by atoms with van der Waals surface area (Å²) in [7, 11) is 0. The molecule has 21 heavy (non-hydrogen) atoms. The first-order valence-electron chi connectivity index (χ1n) is 6.27. The first-order valence-corrected chi connectivity index (χ1v) is 7.15. The van der Waals surface area contributed by atoms with E-state index in [0.29, 0.717) is 17.1 Å². The zero-order chi connectivity index (χ0) is 15.1. The molecule has 0 radical (unpaired) electrons. The Morgan fingerprint density at radius 2 is 2.00 bits per heavy atom. The predicted molar refractivity (Wildman–Crippen MR) is 80.8 cm³/mol. The van der Waals surface area contributed by atoms with Gasteiger partial charge in [-0.3, -0.25) is 9.59 Å². The molecule has 0 saturated carbocycles. The highest BCUT2D eigenvalue weighted by Crippen LogP contribution is 2.16. The third-order valence-electron chi connectivity index (χ3n) is 2.72. The first-order chi connectivity index (χ1) is 10.2. The molecule has 0 aliphatic heterocycles. The summed E-state index contributed by atoms with van der Waals surface area (Å²) in [6.07, 6.45) is -0.199. The number of hydrogen-bond acceptors (Lipinski definition) is 4. The second-order valence-corrected chi connectivity index (χ2v) is 5.15. The molecule has 5 nitrogen and oxygen atoms in total. The van der Waals surface area contributed by atoms with Gasteiger partial charge in [0, 0.05) is 12.2 Å². The van der Waals surface area contributed by atoms with Crippen molar-refractivity contribution in [1.82, 2.24) is 5.32 Å². The summed E-state index contributed by atoms with van der Waals surface area (Å²) in [6.45, 7) is 0.305. The quantitative estimate of drug-likeness (QED) is 0.890. The van der Waals surface area contributed by atoms with Crippen LogP contribution in [0, 0.1) is 11.3 Å². The zero-order valence-electron chi connectivity index (χ0n) is 11.1. The maximum Gasteiger partial charge on any atom is 0.261 e. The van der Waals surface area contributed by atoms with Gasteiger partial charge in [-0.1, -0.05) is 24.3 Å². The molecule has 0 spiro atoms. The van der Waals surface area contributed by atoms with Crippen molar-refractivity contribution < 1.29 is 9.59 Å². The Morgan fingerprint density at radius 1 is 1.19 bits per heavy atom. The molecule has 6 heteroatoms. The number of rotatable bonds is 5. The zero-order valence-corrected chi connectivity index (χ0v) is 11.9. The van der Waals surface area contributed by atoms with Gasteiger partial charge in [-0.15, -0.1) is 11.3 Å². The molecule has 0 aliphatic rings. The second kappa shape index (κ2) is 7.22. The number of hydrogen-bond donors (Lipinski definition) is 2. The Labute approximate surface area is 126 Å². The highest BCUT2D eigenvalue weighted by Gasteiger charge is 2.09. The van der Waals surface area contributed by atoms with Gasteiger partial charge in [0.05, 0.1) is 10.9 Å². The van der Waals surface area contributed by atoms with Crippen molar-refractivity contribution in [2.45, 2.75) is 13.0 Å². The molecule has 2 amide bonds. The third kappa shape index (κ3) is 4.16. The van der Waals surface area contributed by atoms with Crippen LogP contribution in [0.15, 0.2) is 41.8 Å². The van der Waals surface area contributed by atoms with Gasteiger partial charge >= 0.3 is 0 Å². The fourth-order valence-electron chi connectivity index (χ4n) is 1.73. The topological polar surface area (TPSA) is 82.0 Å². The summed E-state index contributed by atoms with van der Waals surface area (Å²) in [5.74, 6) is -0.516. The summed E-state index contributed by atoms with van der Waals surface area (Å²) >= 11 is 1.37. The maximum atomic E-state index is 11.9. The van der Waals surface area contributed by atoms with Crippen LogP contribution in [0.5, 0.6) is 0 Å². The molecule has 0 bridgehead atoms. The van der Waals surface area contributed by atoms with Gasteiger partial charge in [-0.05, 0) is 23.1 Å². The second-order valence-electron chi connectivity index (χ2n) is 4.20. The lowest BCUT2D eigenvalue weighted by molar-refractivity contribution is -0.115. The van der Waals surface area contributed by atoms with Crippen LogP contribution in [0.3, 0.4) is 0 Å². The Bertz CT molecular complexity index is 674. The number of carbonyl (C=O) groups is 2. The highest BCUT2D eigenvalue weighted by atomic mass is 32.1. The van der Waals surface area contributed by atoms with Crippen molar-refractivity contribution in [2.75, 3.05) is 5.32 Å². The van der Waals surface area contributed by atoms with Gasteiger partial charge < -0.3 is 10.6 Å². The summed E-state index contributed by atoms with van der Waals surface area (Å²) in [5, 5.41) is 15.8. The number of nitrogens with one attached hydrogen (secondary N) is 2. The van der Waals surface area contributed by atoms with Crippen LogP contribution in [0.4, 0.5) is 5.69 Å². The minimum atomic E-state index is -0.366. The van der Waals surface area contributed by atoms with Gasteiger partial charge in [-0.25, -0.2) is 0 Å². The van der Waals surface area contributed by atoms with E-state index in [1.807, 2.05) is 23.6 Å². The lowest BCUT2D eigenvalue weighted by Crippen LogP contribution is -2.23. The van der Waals surface area contributed by atoms with Gasteiger partial charge in [0.1, 0.15) is 6.42 Å². The number of amides is 2. The van der Waals surface area contributed by atoms with Crippen molar-refractivity contribution in [3.63, 3.8) is 0 Å². The number of nitrogens with zero attached hydrogens (tertiary/aromatic N) is 1. The molecule has 1 aromatic heterocycles. The average Bonchev–Trinajstić information content (AvgIpc) is 3.00. The molecule has 1 heterocycles. The van der Waals surface area contributed by atoms with Gasteiger partial charge in [0.15, 0.2) is 0 Å². The van der Waals surface area contributed by atoms with E-state index in [-0.39, 0.29) is 18.2 Å². The lowest BCUT2D eigenvalue weighted by Gasteiger charge is -2.10. The van der Waals surface area contributed by atoms with Crippen LogP contribution in [-0.4, -0.2) is 11.8 Å². The van der Waals surface area contributed by atoms with Crippen molar-refractivity contribution in [3.8, 4) is 6.07 Å². The summed E-state index contributed by atoms with van der Waals surface area (Å²) < 4.78 is 0. The van der Waals surface area contributed by atoms with Crippen molar-refractivity contribution in [3.05, 3.63) is 52.2 Å². The third-order valence-corrected chi connectivity index (χ3v) is 3.58. The molecule has 2 N–H and O–H groups in total. The number of carbonyl (C=O) groups excluding carboxylic acids is 2. The standard InChI is InChI=1S/C15H13N3O2S/c16-8-7-14(19)18-12-5-2-1-4-11(12)10-17-15(20)13-6-3-9-21-13/h1-6,9H,7,10H2,(H,17,20)(H,18,19). The summed E-state index contributed by atoms with van der Waals surface area (Å²) in [4.78, 5) is 24.0. The van der Waals surface area contributed by atoms with Crippen LogP contribution >= 0.6 is 11.3 Å². The monoisotopic (exact) mass is 299 g/mol. The van der Waals surface area contributed by atoms with E-state index in [4.69, 9.17) is 5.26 Å². The van der Waals surface area contributed by atoms with Crippen LogP contribution in [-0.2, 0) is 11.3 Å². The van der Waals surface area contributed by atoms with E-state index in [2.05, 4.69) is 10.6 Å². The highest BCUT2D eigenvalue weighted by molar-refractivity contribution is 7.12. The smallest absolute Gasteiger partial charge is 0.261 e.